The number of carbonyl (C=O) groups excluding carboxylic acids is 1. The highest BCUT2D eigenvalue weighted by Crippen LogP contribution is 2.32. The molecule has 0 spiro atoms. The van der Waals surface area contributed by atoms with Crippen LogP contribution in [0, 0.1) is 41.5 Å². The van der Waals surface area contributed by atoms with Crippen molar-refractivity contribution in [1.82, 2.24) is 13.5 Å². The van der Waals surface area contributed by atoms with Crippen molar-refractivity contribution in [3.63, 3.8) is 0 Å². The van der Waals surface area contributed by atoms with E-state index in [1.807, 2.05) is 65.8 Å². The lowest BCUT2D eigenvalue weighted by Gasteiger charge is -2.35. The molecular weight excluding hydrogens is 583 g/mol. The Kier molecular flexibility index (Phi) is 8.43. The second-order valence-corrected chi connectivity index (χ2v) is 15.4. The number of hydrogen-bond donors (Lipinski definition) is 0. The zero-order valence-corrected chi connectivity index (χ0v) is 27.3. The van der Waals surface area contributed by atoms with Crippen LogP contribution in [0.15, 0.2) is 63.9 Å². The summed E-state index contributed by atoms with van der Waals surface area (Å²) in [6.07, 6.45) is 1.77. The fraction of sp³-hybridized carbons (Fsp3) is 0.364. The Morgan fingerprint density at radius 2 is 1.19 bits per heavy atom. The van der Waals surface area contributed by atoms with Gasteiger partial charge in [-0.05, 0) is 98.7 Å². The summed E-state index contributed by atoms with van der Waals surface area (Å²) in [6.45, 7) is 12.3. The zero-order chi connectivity index (χ0) is 31.3. The van der Waals surface area contributed by atoms with E-state index in [0.29, 0.717) is 10.5 Å². The summed E-state index contributed by atoms with van der Waals surface area (Å²) in [5, 5.41) is 0. The van der Waals surface area contributed by atoms with Crippen molar-refractivity contribution in [2.45, 2.75) is 57.9 Å². The molecular formula is C33H39N3O5S2. The van der Waals surface area contributed by atoms with E-state index in [0.717, 1.165) is 44.5 Å². The van der Waals surface area contributed by atoms with Gasteiger partial charge in [-0.15, -0.1) is 0 Å². The minimum atomic E-state index is -3.88. The fourth-order valence-corrected chi connectivity index (χ4v) is 9.34. The molecule has 0 aliphatic carbocycles. The van der Waals surface area contributed by atoms with Crippen LogP contribution in [0.2, 0.25) is 0 Å². The predicted octanol–water partition coefficient (Wildman–Crippen LogP) is 4.66. The van der Waals surface area contributed by atoms with Gasteiger partial charge < -0.3 is 4.90 Å². The van der Waals surface area contributed by atoms with E-state index in [4.69, 9.17) is 0 Å². The Balaban J connectivity index is 1.40. The summed E-state index contributed by atoms with van der Waals surface area (Å²) < 4.78 is 58.0. The molecule has 5 rings (SSSR count). The van der Waals surface area contributed by atoms with E-state index in [1.165, 1.54) is 8.61 Å². The van der Waals surface area contributed by atoms with Crippen molar-refractivity contribution in [2.75, 3.05) is 32.7 Å². The van der Waals surface area contributed by atoms with Crippen molar-refractivity contribution in [1.29, 1.82) is 0 Å². The molecule has 0 N–H and O–H groups in total. The number of nitrogens with zero attached hydrogens (tertiary/aromatic N) is 3. The van der Waals surface area contributed by atoms with Gasteiger partial charge in [0.2, 0.25) is 20.0 Å². The van der Waals surface area contributed by atoms with Crippen LogP contribution < -0.4 is 0 Å². The smallest absolute Gasteiger partial charge is 0.251 e. The van der Waals surface area contributed by atoms with Gasteiger partial charge in [-0.25, -0.2) is 16.8 Å². The number of amides is 1. The number of carbonyl (C=O) groups is 1. The molecule has 0 aromatic heterocycles. The van der Waals surface area contributed by atoms with E-state index in [-0.39, 0.29) is 50.1 Å². The first-order valence-corrected chi connectivity index (χ1v) is 17.3. The molecule has 1 fully saturated rings. The molecule has 0 bridgehead atoms. The van der Waals surface area contributed by atoms with Gasteiger partial charge in [-0.2, -0.15) is 8.61 Å². The molecule has 0 radical (unpaired) electrons. The molecule has 3 aromatic carbocycles. The van der Waals surface area contributed by atoms with E-state index in [1.54, 1.807) is 35.2 Å². The van der Waals surface area contributed by atoms with Gasteiger partial charge in [-0.3, -0.25) is 4.79 Å². The van der Waals surface area contributed by atoms with Crippen LogP contribution in [0.5, 0.6) is 0 Å². The number of benzene rings is 3. The van der Waals surface area contributed by atoms with E-state index >= 15 is 0 Å². The average molecular weight is 622 g/mol. The third-order valence-corrected chi connectivity index (χ3v) is 13.0. The lowest BCUT2D eigenvalue weighted by Crippen LogP contribution is -2.51. The molecule has 2 heterocycles. The van der Waals surface area contributed by atoms with E-state index < -0.39 is 20.0 Å². The molecule has 43 heavy (non-hydrogen) atoms. The lowest BCUT2D eigenvalue weighted by molar-refractivity contribution is -0.128. The molecule has 1 amide bonds. The fourth-order valence-electron chi connectivity index (χ4n) is 5.96. The van der Waals surface area contributed by atoms with Crippen LogP contribution in [-0.2, 0) is 31.4 Å². The van der Waals surface area contributed by atoms with E-state index in [9.17, 15) is 21.6 Å². The van der Waals surface area contributed by atoms with Gasteiger partial charge in [0.05, 0.1) is 9.79 Å². The zero-order valence-electron chi connectivity index (χ0n) is 25.6. The maximum Gasteiger partial charge on any atom is 0.251 e. The van der Waals surface area contributed by atoms with Crippen LogP contribution in [0.25, 0.3) is 6.08 Å². The SMILES string of the molecule is Cc1ccc(S(=O)(=O)N2CC(C(=O)N3CCN(S(=O)(=O)c4c(C)c(C)c(C)c(C)c4C)CC3)=Cc3ccccc3C2)cc1. The summed E-state index contributed by atoms with van der Waals surface area (Å²) >= 11 is 0. The molecule has 2 aliphatic rings. The molecule has 10 heteroatoms. The average Bonchev–Trinajstić information content (AvgIpc) is 3.19. The first kappa shape index (κ1) is 31.1. The Labute approximate surface area is 255 Å². The maximum absolute atomic E-state index is 13.9. The molecule has 3 aromatic rings. The van der Waals surface area contributed by atoms with Gasteiger partial charge in [-0.1, -0.05) is 42.0 Å². The van der Waals surface area contributed by atoms with Gasteiger partial charge in [0.25, 0.3) is 5.91 Å². The highest BCUT2D eigenvalue weighted by molar-refractivity contribution is 7.89. The van der Waals surface area contributed by atoms with Crippen molar-refractivity contribution in [3.8, 4) is 0 Å². The summed E-state index contributed by atoms with van der Waals surface area (Å²) in [7, 11) is -7.66. The standard InChI is InChI=1S/C33H39N3O5S2/c1-22-11-13-31(14-12-22)42(38,39)36-20-29-10-8-7-9-28(29)19-30(21-36)33(37)34-15-17-35(18-16-34)43(40,41)32-26(5)24(3)23(2)25(4)27(32)6/h7-14,19H,15-18,20-21H2,1-6H3. The van der Waals surface area contributed by atoms with Crippen LogP contribution in [0.1, 0.15) is 44.5 Å². The summed E-state index contributed by atoms with van der Waals surface area (Å²) in [5.74, 6) is -0.285. The number of piperazine rings is 1. The quantitative estimate of drug-likeness (QED) is 0.413. The Morgan fingerprint density at radius 3 is 1.79 bits per heavy atom. The maximum atomic E-state index is 13.9. The topological polar surface area (TPSA) is 95.1 Å². The van der Waals surface area contributed by atoms with E-state index in [2.05, 4.69) is 0 Å². The Bertz CT molecular complexity index is 1810. The van der Waals surface area contributed by atoms with Crippen LogP contribution in [0.3, 0.4) is 0 Å². The summed E-state index contributed by atoms with van der Waals surface area (Å²) in [6, 6.07) is 14.2. The largest absolute Gasteiger partial charge is 0.336 e. The molecule has 228 valence electrons. The normalized spacial score (nSPS) is 16.9. The number of rotatable bonds is 5. The van der Waals surface area contributed by atoms with Crippen molar-refractivity contribution in [3.05, 3.63) is 98.6 Å². The van der Waals surface area contributed by atoms with Gasteiger partial charge in [0, 0.05) is 44.8 Å². The molecule has 1 saturated heterocycles. The minimum absolute atomic E-state index is 0.0808. The number of sulfonamides is 2. The predicted molar refractivity (Wildman–Crippen MR) is 169 cm³/mol. The molecule has 2 aliphatic heterocycles. The van der Waals surface area contributed by atoms with Crippen molar-refractivity contribution < 1.29 is 21.6 Å². The first-order chi connectivity index (χ1) is 20.2. The second-order valence-electron chi connectivity index (χ2n) is 11.6. The lowest BCUT2D eigenvalue weighted by atomic mass is 9.95. The molecule has 0 unspecified atom stereocenters. The number of aryl methyl sites for hydroxylation is 1. The van der Waals surface area contributed by atoms with Crippen molar-refractivity contribution in [2.24, 2.45) is 0 Å². The minimum Gasteiger partial charge on any atom is -0.336 e. The number of hydrogen-bond acceptors (Lipinski definition) is 5. The summed E-state index contributed by atoms with van der Waals surface area (Å²) in [4.78, 5) is 16.1. The van der Waals surface area contributed by atoms with Crippen LogP contribution in [-0.4, -0.2) is 69.0 Å². The highest BCUT2D eigenvalue weighted by atomic mass is 32.2. The molecule has 0 atom stereocenters. The monoisotopic (exact) mass is 621 g/mol. The van der Waals surface area contributed by atoms with Gasteiger partial charge in [0.15, 0.2) is 0 Å². The third-order valence-electron chi connectivity index (χ3n) is 9.07. The third kappa shape index (κ3) is 5.69. The van der Waals surface area contributed by atoms with Gasteiger partial charge in [0.1, 0.15) is 0 Å². The molecule has 0 saturated carbocycles. The second kappa shape index (κ2) is 11.6. The van der Waals surface area contributed by atoms with Gasteiger partial charge >= 0.3 is 0 Å². The Hall–Kier alpha value is -3.31. The Morgan fingerprint density at radius 1 is 0.628 bits per heavy atom. The van der Waals surface area contributed by atoms with Crippen molar-refractivity contribution >= 4 is 32.0 Å². The highest BCUT2D eigenvalue weighted by Gasteiger charge is 2.36. The van der Waals surface area contributed by atoms with Crippen LogP contribution >= 0.6 is 0 Å². The number of fused-ring (bicyclic) bond motifs is 1. The van der Waals surface area contributed by atoms with Crippen LogP contribution in [0.4, 0.5) is 0 Å². The molecule has 8 nitrogen and oxygen atoms in total. The summed E-state index contributed by atoms with van der Waals surface area (Å²) in [5.41, 5.74) is 7.48. The first-order valence-electron chi connectivity index (χ1n) is 14.4.